The first-order valence-corrected chi connectivity index (χ1v) is 25.8. The molecule has 1 saturated heterocycles. The number of aromatic nitrogens is 2. The predicted molar refractivity (Wildman–Crippen MR) is 281 cm³/mol. The molecule has 2 aromatic heterocycles. The molecule has 72 heavy (non-hydrogen) atoms. The van der Waals surface area contributed by atoms with Crippen LogP contribution in [0.2, 0.25) is 0 Å². The van der Waals surface area contributed by atoms with Crippen LogP contribution in [-0.4, -0.2) is 101 Å². The molecule has 1 saturated carbocycles. The Bertz CT molecular complexity index is 2860. The summed E-state index contributed by atoms with van der Waals surface area (Å²) in [7, 11) is 3.30. The molecule has 5 atom stereocenters. The van der Waals surface area contributed by atoms with Crippen LogP contribution in [0.25, 0.3) is 33.3 Å². The molecule has 8 rings (SSSR count). The molecule has 3 amide bonds. The third-order valence-corrected chi connectivity index (χ3v) is 14.6. The van der Waals surface area contributed by atoms with Crippen LogP contribution in [0.5, 0.6) is 5.75 Å². The highest BCUT2D eigenvalue weighted by Crippen LogP contribution is 2.42. The molecule has 4 heterocycles. The van der Waals surface area contributed by atoms with Crippen molar-refractivity contribution >= 4 is 40.6 Å². The van der Waals surface area contributed by atoms with E-state index in [1.807, 2.05) is 62.5 Å². The highest BCUT2D eigenvalue weighted by molar-refractivity contribution is 5.96. The number of hydrogen-bond acceptors (Lipinski definition) is 10. The van der Waals surface area contributed by atoms with E-state index < -0.39 is 35.4 Å². The fraction of sp³-hybridized carbons (Fsp3) is 0.483. The van der Waals surface area contributed by atoms with Gasteiger partial charge in [0.1, 0.15) is 23.9 Å². The minimum Gasteiger partial charge on any atom is -0.496 e. The van der Waals surface area contributed by atoms with Gasteiger partial charge in [0.15, 0.2) is 0 Å². The van der Waals surface area contributed by atoms with Crippen LogP contribution in [0.3, 0.4) is 0 Å². The lowest BCUT2D eigenvalue weighted by molar-refractivity contribution is -0.155. The van der Waals surface area contributed by atoms with Gasteiger partial charge in [-0.3, -0.25) is 29.2 Å². The van der Waals surface area contributed by atoms with Gasteiger partial charge >= 0.3 is 5.97 Å². The number of aryl methyl sites for hydroxylation is 1. The molecule has 2 aliphatic heterocycles. The average Bonchev–Trinajstić information content (AvgIpc) is 3.97. The summed E-state index contributed by atoms with van der Waals surface area (Å²) in [6, 6.07) is 26.7. The van der Waals surface area contributed by atoms with E-state index in [-0.39, 0.29) is 48.6 Å². The Kier molecular flexibility index (Phi) is 16.1. The highest BCUT2D eigenvalue weighted by Gasteiger charge is 2.40. The SMILES string of the molecule is CCn1c(-c2cccnc2C(C)C)c2c3cc(ccc31)-c1cccc(c1)C[C@H](NC(=O)[C@H](C(C)C)N(C)C(=O)[C@H]1CC[C@H](N=C=NCc3ccccc3OC)C1)C(=O)N1CCC[C@H](N1)C(=O)OCC(C)(C)C2. The predicted octanol–water partition coefficient (Wildman–Crippen LogP) is 9.20. The topological polar surface area (TPSA) is 160 Å². The number of hydrogen-bond donors (Lipinski definition) is 2. The number of aliphatic imine (C=N–C) groups is 2. The van der Waals surface area contributed by atoms with E-state index in [0.29, 0.717) is 51.6 Å². The van der Waals surface area contributed by atoms with E-state index in [4.69, 9.17) is 14.5 Å². The zero-order valence-electron chi connectivity index (χ0n) is 43.5. The van der Waals surface area contributed by atoms with Crippen molar-refractivity contribution < 1.29 is 28.7 Å². The Morgan fingerprint density at radius 2 is 1.79 bits per heavy atom. The van der Waals surface area contributed by atoms with Crippen molar-refractivity contribution in [1.29, 1.82) is 0 Å². The molecule has 2 N–H and O–H groups in total. The highest BCUT2D eigenvalue weighted by atomic mass is 16.5. The van der Waals surface area contributed by atoms with Gasteiger partial charge in [-0.25, -0.2) is 15.4 Å². The number of likely N-dealkylation sites (N-methyl/N-ethyl adjacent to an activating group) is 1. The summed E-state index contributed by atoms with van der Waals surface area (Å²) >= 11 is 0. The summed E-state index contributed by atoms with van der Waals surface area (Å²) in [5.74, 6) is -1.02. The van der Waals surface area contributed by atoms with E-state index in [1.54, 1.807) is 19.1 Å². The van der Waals surface area contributed by atoms with Crippen molar-refractivity contribution in [3.63, 3.8) is 0 Å². The van der Waals surface area contributed by atoms with Gasteiger partial charge in [-0.1, -0.05) is 90.1 Å². The number of esters is 1. The fourth-order valence-corrected chi connectivity index (χ4v) is 11.0. The van der Waals surface area contributed by atoms with Crippen LogP contribution in [-0.2, 0) is 49.8 Å². The van der Waals surface area contributed by atoms with Gasteiger partial charge in [-0.05, 0) is 110 Å². The molecule has 0 spiro atoms. The molecule has 1 aliphatic carbocycles. The number of pyridine rings is 1. The maximum Gasteiger partial charge on any atom is 0.324 e. The fourth-order valence-electron chi connectivity index (χ4n) is 11.0. The summed E-state index contributed by atoms with van der Waals surface area (Å²) < 4.78 is 14.0. The van der Waals surface area contributed by atoms with Crippen molar-refractivity contribution in [3.8, 4) is 28.1 Å². The Morgan fingerprint density at radius 3 is 2.56 bits per heavy atom. The lowest BCUT2D eigenvalue weighted by atomic mass is 9.83. The van der Waals surface area contributed by atoms with Crippen LogP contribution >= 0.6 is 0 Å². The molecule has 5 aromatic rings. The normalized spacial score (nSPS) is 20.6. The number of amides is 3. The molecule has 0 radical (unpaired) electrons. The third kappa shape index (κ3) is 11.4. The summed E-state index contributed by atoms with van der Waals surface area (Å²) in [4.78, 5) is 73.1. The number of carbonyl (C=O) groups excluding carboxylic acids is 4. The number of cyclic esters (lactones) is 1. The molecule has 380 valence electrons. The number of rotatable bonds is 12. The first kappa shape index (κ1) is 51.7. The van der Waals surface area contributed by atoms with Crippen molar-refractivity contribution in [2.75, 3.05) is 27.3 Å². The first-order chi connectivity index (χ1) is 34.6. The van der Waals surface area contributed by atoms with Gasteiger partial charge in [-0.2, -0.15) is 0 Å². The number of nitrogens with one attached hydrogen (secondary N) is 2. The van der Waals surface area contributed by atoms with Crippen molar-refractivity contribution in [3.05, 3.63) is 107 Å². The first-order valence-electron chi connectivity index (χ1n) is 25.8. The molecule has 14 heteroatoms. The molecule has 6 bridgehead atoms. The smallest absolute Gasteiger partial charge is 0.324 e. The minimum absolute atomic E-state index is 0.117. The lowest BCUT2D eigenvalue weighted by Gasteiger charge is -2.37. The maximum absolute atomic E-state index is 14.8. The Morgan fingerprint density at radius 1 is 1.00 bits per heavy atom. The monoisotopic (exact) mass is 977 g/mol. The standard InChI is InChI=1S/C58H72N8O6/c1-10-65-49-25-23-40-31-45(49)46(53(65)44-19-14-26-60-51(44)36(2)3)32-58(6,7)34-72-57(70)47-20-15-27-66(63-47)56(69)48(29-38-16-13-18-39(40)28-38)62-54(67)52(37(4)5)64(8)55(68)41-22-24-43(30-41)61-35-59-33-42-17-11-12-21-50(42)71-9/h11-14,16-19,21,23,25-26,28,31,36-37,41,43,47-48,52,63H,10,15,20,22,24,27,29-30,32-34H2,1-9H3,(H,62,67)/t41-,43-,47-,48-,52-/m0/s1. The second-order valence-corrected chi connectivity index (χ2v) is 21.3. The van der Waals surface area contributed by atoms with Crippen LogP contribution in [0.4, 0.5) is 0 Å². The molecule has 14 nitrogen and oxygen atoms in total. The van der Waals surface area contributed by atoms with Crippen molar-refractivity contribution in [2.24, 2.45) is 27.2 Å². The van der Waals surface area contributed by atoms with E-state index in [1.165, 1.54) is 10.6 Å². The van der Waals surface area contributed by atoms with Gasteiger partial charge in [0.05, 0.1) is 43.7 Å². The summed E-state index contributed by atoms with van der Waals surface area (Å²) in [5, 5.41) is 5.71. The second-order valence-electron chi connectivity index (χ2n) is 21.3. The van der Waals surface area contributed by atoms with Crippen LogP contribution < -0.4 is 15.5 Å². The summed E-state index contributed by atoms with van der Waals surface area (Å²) in [5.41, 5.74) is 12.0. The summed E-state index contributed by atoms with van der Waals surface area (Å²) in [6.45, 7) is 16.2. The van der Waals surface area contributed by atoms with Crippen LogP contribution in [0, 0.1) is 17.3 Å². The number of methoxy groups -OCH3 is 1. The lowest BCUT2D eigenvalue weighted by Crippen LogP contribution is -2.62. The Labute approximate surface area is 424 Å². The third-order valence-electron chi connectivity index (χ3n) is 14.6. The zero-order chi connectivity index (χ0) is 51.3. The van der Waals surface area contributed by atoms with E-state index in [2.05, 4.69) is 102 Å². The van der Waals surface area contributed by atoms with E-state index in [9.17, 15) is 19.2 Å². The number of ether oxygens (including phenoxy) is 2. The van der Waals surface area contributed by atoms with Gasteiger partial charge in [0, 0.05) is 66.1 Å². The van der Waals surface area contributed by atoms with E-state index in [0.717, 1.165) is 62.4 Å². The van der Waals surface area contributed by atoms with Gasteiger partial charge in [-0.15, -0.1) is 0 Å². The van der Waals surface area contributed by atoms with Crippen LogP contribution in [0.15, 0.2) is 95.0 Å². The largest absolute Gasteiger partial charge is 0.496 e. The van der Waals surface area contributed by atoms with Crippen LogP contribution in [0.1, 0.15) is 109 Å². The Hall–Kier alpha value is -6.63. The Balaban J connectivity index is 1.09. The molecule has 3 aliphatic rings. The molecule has 2 fully saturated rings. The maximum atomic E-state index is 14.8. The number of carbonyl (C=O) groups is 4. The zero-order valence-corrected chi connectivity index (χ0v) is 43.5. The van der Waals surface area contributed by atoms with Gasteiger partial charge in [0.25, 0.3) is 5.91 Å². The van der Waals surface area contributed by atoms with Crippen molar-refractivity contribution in [1.82, 2.24) is 30.2 Å². The average molecular weight is 977 g/mol. The molecular formula is C58H72N8O6. The van der Waals surface area contributed by atoms with Gasteiger partial charge in [0.2, 0.25) is 11.8 Å². The molecule has 3 aromatic carbocycles. The molecule has 0 unspecified atom stereocenters. The quantitative estimate of drug-likeness (QED) is 0.0925. The van der Waals surface area contributed by atoms with Gasteiger partial charge < -0.3 is 24.3 Å². The minimum atomic E-state index is -1.03. The number of benzene rings is 3. The molecular weight excluding hydrogens is 905 g/mol. The van der Waals surface area contributed by atoms with Crippen molar-refractivity contribution in [2.45, 2.75) is 137 Å². The van der Waals surface area contributed by atoms with E-state index >= 15 is 0 Å². The number of nitrogens with zero attached hydrogens (tertiary/aromatic N) is 6. The number of fused-ring (bicyclic) bond motifs is 6. The second kappa shape index (κ2) is 22.4. The number of para-hydroxylation sites is 1. The summed E-state index contributed by atoms with van der Waals surface area (Å²) in [6.07, 6.45) is 5.57. The number of hydrazine groups is 1.